The van der Waals surface area contributed by atoms with Crippen LogP contribution < -0.4 is 5.32 Å². The van der Waals surface area contributed by atoms with Gasteiger partial charge in [-0.1, -0.05) is 0 Å². The van der Waals surface area contributed by atoms with E-state index in [1.54, 1.807) is 0 Å². The first-order valence-electron chi connectivity index (χ1n) is 8.52. The summed E-state index contributed by atoms with van der Waals surface area (Å²) in [6.07, 6.45) is 8.18. The Morgan fingerprint density at radius 1 is 1.27 bits per heavy atom. The Morgan fingerprint density at radius 3 is 3.00 bits per heavy atom. The molecule has 0 aliphatic carbocycles. The minimum atomic E-state index is 0.515. The van der Waals surface area contributed by atoms with Crippen LogP contribution in [0.4, 0.5) is 0 Å². The molecule has 1 unspecified atom stereocenters. The smallest absolute Gasteiger partial charge is 0.160 e. The van der Waals surface area contributed by atoms with Gasteiger partial charge in [-0.25, -0.2) is 9.97 Å². The van der Waals surface area contributed by atoms with Crippen LogP contribution >= 0.6 is 11.8 Å². The van der Waals surface area contributed by atoms with E-state index in [-0.39, 0.29) is 0 Å². The Bertz CT molecular complexity index is 627. The number of thioether (sulfide) groups is 1. The molecule has 4 rings (SSSR count). The highest BCUT2D eigenvalue weighted by atomic mass is 32.2. The van der Waals surface area contributed by atoms with Crippen LogP contribution in [0.2, 0.25) is 0 Å². The minimum Gasteiger partial charge on any atom is -0.315 e. The average Bonchev–Trinajstić information content (AvgIpc) is 2.94. The maximum Gasteiger partial charge on any atom is 0.160 e. The highest BCUT2D eigenvalue weighted by molar-refractivity contribution is 7.99. The fraction of sp³-hybridized carbons (Fsp3) is 0.647. The van der Waals surface area contributed by atoms with Crippen molar-refractivity contribution in [2.24, 2.45) is 5.92 Å². The first kappa shape index (κ1) is 14.5. The molecule has 2 fully saturated rings. The predicted molar refractivity (Wildman–Crippen MR) is 92.4 cm³/mol. The highest BCUT2D eigenvalue weighted by Crippen LogP contribution is 2.29. The van der Waals surface area contributed by atoms with Gasteiger partial charge in [-0.3, -0.25) is 0 Å². The number of aromatic nitrogens is 3. The Kier molecular flexibility index (Phi) is 4.35. The van der Waals surface area contributed by atoms with Crippen molar-refractivity contribution in [3.05, 3.63) is 24.2 Å². The first-order chi connectivity index (χ1) is 10.9. The number of imidazole rings is 1. The molecule has 0 amide bonds. The van der Waals surface area contributed by atoms with Crippen LogP contribution in [0.1, 0.15) is 37.5 Å². The van der Waals surface area contributed by atoms with Gasteiger partial charge in [0.05, 0.1) is 0 Å². The molecule has 2 saturated heterocycles. The number of nitrogens with zero attached hydrogens (tertiary/aromatic N) is 3. The van der Waals surface area contributed by atoms with Crippen LogP contribution in [0.3, 0.4) is 0 Å². The van der Waals surface area contributed by atoms with Gasteiger partial charge in [0.2, 0.25) is 0 Å². The van der Waals surface area contributed by atoms with E-state index < -0.39 is 0 Å². The topological polar surface area (TPSA) is 42.7 Å². The molecule has 4 nitrogen and oxygen atoms in total. The largest absolute Gasteiger partial charge is 0.315 e. The number of piperidine rings is 1. The third-order valence-electron chi connectivity index (χ3n) is 4.97. The molecule has 118 valence electrons. The lowest BCUT2D eigenvalue weighted by atomic mass is 9.98. The van der Waals surface area contributed by atoms with Gasteiger partial charge in [0.15, 0.2) is 5.65 Å². The Morgan fingerprint density at radius 2 is 2.18 bits per heavy atom. The van der Waals surface area contributed by atoms with Gasteiger partial charge in [0.25, 0.3) is 0 Å². The van der Waals surface area contributed by atoms with Crippen molar-refractivity contribution in [1.29, 1.82) is 0 Å². The number of rotatable bonds is 3. The maximum atomic E-state index is 4.95. The molecule has 0 saturated carbocycles. The Labute approximate surface area is 136 Å². The Hall–Kier alpha value is -1.07. The first-order valence-corrected chi connectivity index (χ1v) is 9.67. The molecule has 2 aliphatic rings. The summed E-state index contributed by atoms with van der Waals surface area (Å²) in [5.41, 5.74) is 2.14. The summed E-state index contributed by atoms with van der Waals surface area (Å²) in [6, 6.07) is 4.62. The monoisotopic (exact) mass is 316 g/mol. The van der Waals surface area contributed by atoms with Crippen LogP contribution in [0.25, 0.3) is 11.2 Å². The lowest BCUT2D eigenvalue weighted by Gasteiger charge is -2.27. The summed E-state index contributed by atoms with van der Waals surface area (Å²) in [5.74, 6) is 4.69. The second-order valence-electron chi connectivity index (χ2n) is 6.50. The van der Waals surface area contributed by atoms with Gasteiger partial charge in [-0.05, 0) is 61.8 Å². The van der Waals surface area contributed by atoms with Crippen molar-refractivity contribution in [1.82, 2.24) is 19.9 Å². The molecule has 2 aromatic heterocycles. The lowest BCUT2D eigenvalue weighted by Crippen LogP contribution is -2.32. The van der Waals surface area contributed by atoms with Gasteiger partial charge < -0.3 is 9.88 Å². The van der Waals surface area contributed by atoms with Crippen LogP contribution in [0.5, 0.6) is 0 Å². The zero-order valence-corrected chi connectivity index (χ0v) is 13.8. The van der Waals surface area contributed by atoms with E-state index in [4.69, 9.17) is 4.98 Å². The van der Waals surface area contributed by atoms with E-state index in [2.05, 4.69) is 32.7 Å². The van der Waals surface area contributed by atoms with Gasteiger partial charge >= 0.3 is 0 Å². The van der Waals surface area contributed by atoms with E-state index in [0.29, 0.717) is 6.04 Å². The van der Waals surface area contributed by atoms with E-state index in [1.165, 1.54) is 43.0 Å². The standard InChI is InChI=1S/C17H24N4S/c1-3-14(12-18-7-1)21-16(11-13-5-9-22-10-6-13)20-15-4-2-8-19-17(15)21/h2,4,8,13-14,18H,1,3,5-7,9-12H2. The van der Waals surface area contributed by atoms with Gasteiger partial charge in [0, 0.05) is 25.2 Å². The number of nitrogens with one attached hydrogen (secondary N) is 1. The number of fused-ring (bicyclic) bond motifs is 1. The third kappa shape index (κ3) is 2.88. The molecule has 0 bridgehead atoms. The van der Waals surface area contributed by atoms with Gasteiger partial charge in [-0.15, -0.1) is 0 Å². The number of hydrogen-bond acceptors (Lipinski definition) is 4. The van der Waals surface area contributed by atoms with Crippen LogP contribution in [-0.4, -0.2) is 39.1 Å². The van der Waals surface area contributed by atoms with Gasteiger partial charge in [-0.2, -0.15) is 11.8 Å². The van der Waals surface area contributed by atoms with E-state index in [1.807, 2.05) is 12.3 Å². The quantitative estimate of drug-likeness (QED) is 0.945. The van der Waals surface area contributed by atoms with Crippen LogP contribution in [-0.2, 0) is 6.42 Å². The Balaban J connectivity index is 1.68. The zero-order valence-electron chi connectivity index (χ0n) is 13.0. The molecular weight excluding hydrogens is 292 g/mol. The summed E-state index contributed by atoms with van der Waals surface area (Å²) in [4.78, 5) is 9.59. The molecule has 22 heavy (non-hydrogen) atoms. The molecule has 5 heteroatoms. The van der Waals surface area contributed by atoms with Crippen LogP contribution in [0, 0.1) is 5.92 Å². The van der Waals surface area contributed by atoms with Crippen molar-refractivity contribution in [3.63, 3.8) is 0 Å². The SMILES string of the molecule is c1cnc2c(c1)nc(CC1CCSCC1)n2C1CCCNC1. The summed E-state index contributed by atoms with van der Waals surface area (Å²) in [5, 5.41) is 3.54. The molecule has 0 aromatic carbocycles. The molecule has 2 aromatic rings. The molecule has 2 aliphatic heterocycles. The van der Waals surface area contributed by atoms with Crippen LogP contribution in [0.15, 0.2) is 18.3 Å². The third-order valence-corrected chi connectivity index (χ3v) is 6.02. The summed E-state index contributed by atoms with van der Waals surface area (Å²) >= 11 is 2.10. The number of pyridine rings is 1. The molecule has 1 atom stereocenters. The van der Waals surface area contributed by atoms with Crippen molar-refractivity contribution in [2.45, 2.75) is 38.1 Å². The molecular formula is C17H24N4S. The van der Waals surface area contributed by atoms with Crippen molar-refractivity contribution in [3.8, 4) is 0 Å². The highest BCUT2D eigenvalue weighted by Gasteiger charge is 2.24. The van der Waals surface area contributed by atoms with Gasteiger partial charge in [0.1, 0.15) is 11.3 Å². The zero-order chi connectivity index (χ0) is 14.8. The molecule has 4 heterocycles. The summed E-state index contributed by atoms with van der Waals surface area (Å²) in [6.45, 7) is 2.20. The fourth-order valence-corrected chi connectivity index (χ4v) is 4.97. The van der Waals surface area contributed by atoms with Crippen molar-refractivity contribution >= 4 is 22.9 Å². The summed E-state index contributed by atoms with van der Waals surface area (Å²) in [7, 11) is 0. The molecule has 0 spiro atoms. The minimum absolute atomic E-state index is 0.515. The maximum absolute atomic E-state index is 4.95. The predicted octanol–water partition coefficient (Wildman–Crippen LogP) is 3.04. The number of hydrogen-bond donors (Lipinski definition) is 1. The molecule has 0 radical (unpaired) electrons. The lowest BCUT2D eigenvalue weighted by molar-refractivity contribution is 0.359. The van der Waals surface area contributed by atoms with E-state index in [9.17, 15) is 0 Å². The average molecular weight is 316 g/mol. The van der Waals surface area contributed by atoms with Crippen molar-refractivity contribution in [2.75, 3.05) is 24.6 Å². The second-order valence-corrected chi connectivity index (χ2v) is 7.73. The van der Waals surface area contributed by atoms with E-state index in [0.717, 1.165) is 36.6 Å². The summed E-state index contributed by atoms with van der Waals surface area (Å²) < 4.78 is 2.45. The normalized spacial score (nSPS) is 23.9. The second kappa shape index (κ2) is 6.59. The van der Waals surface area contributed by atoms with E-state index >= 15 is 0 Å². The fourth-order valence-electron chi connectivity index (χ4n) is 3.77. The molecule has 1 N–H and O–H groups in total. The van der Waals surface area contributed by atoms with Crippen molar-refractivity contribution < 1.29 is 0 Å².